The van der Waals surface area contributed by atoms with Crippen LogP contribution in [0.5, 0.6) is 0 Å². The monoisotopic (exact) mass is 489 g/mol. The Morgan fingerprint density at radius 2 is 1.39 bits per heavy atom. The summed E-state index contributed by atoms with van der Waals surface area (Å²) in [6.07, 6.45) is 7.92. The summed E-state index contributed by atoms with van der Waals surface area (Å²) >= 11 is 1.31. The Balaban J connectivity index is 1.51. The number of thiazole rings is 1. The molecule has 2 aromatic rings. The molecule has 1 saturated heterocycles. The third-order valence-corrected chi connectivity index (χ3v) is 9.62. The van der Waals surface area contributed by atoms with Crippen LogP contribution in [0, 0.1) is 0 Å². The van der Waals surface area contributed by atoms with E-state index in [1.165, 1.54) is 11.3 Å². The van der Waals surface area contributed by atoms with Crippen molar-refractivity contribution in [2.75, 3.05) is 0 Å². The number of hydrogen-bond acceptors (Lipinski definition) is 8. The van der Waals surface area contributed by atoms with E-state index in [2.05, 4.69) is 15.2 Å². The minimum absolute atomic E-state index is 0.332. The second-order valence-corrected chi connectivity index (χ2v) is 11.6. The van der Waals surface area contributed by atoms with Crippen molar-refractivity contribution < 1.29 is 18.0 Å². The Kier molecular flexibility index (Phi) is 6.17. The van der Waals surface area contributed by atoms with Crippen molar-refractivity contribution >= 4 is 48.7 Å². The molecule has 11 heteroatoms. The summed E-state index contributed by atoms with van der Waals surface area (Å²) in [6.45, 7) is 0. The van der Waals surface area contributed by atoms with E-state index in [9.17, 15) is 18.0 Å². The summed E-state index contributed by atoms with van der Waals surface area (Å²) in [6, 6.07) is 5.15. The molecule has 33 heavy (non-hydrogen) atoms. The van der Waals surface area contributed by atoms with Crippen LogP contribution in [0.3, 0.4) is 0 Å². The smallest absolute Gasteiger partial charge is 0.271 e. The standard InChI is InChI=1S/C22H27N5O4S2/c28-20-19(24-25-22-23-17-13-7-8-14-18(17)32-22)21(29)27(16-11-5-2-6-12-16)33(30,31)26(20)15-9-3-1-4-10-15/h7-8,13-16,19H,1-6,9-12H2. The topological polar surface area (TPSA) is 112 Å². The largest absolute Gasteiger partial charge is 0.331 e. The minimum Gasteiger partial charge on any atom is -0.271 e. The molecule has 0 N–H and O–H groups in total. The lowest BCUT2D eigenvalue weighted by Gasteiger charge is -2.44. The third-order valence-electron chi connectivity index (χ3n) is 6.75. The molecule has 176 valence electrons. The number of rotatable bonds is 4. The highest BCUT2D eigenvalue weighted by Gasteiger charge is 2.54. The Hall–Kier alpha value is -2.40. The number of amides is 2. The van der Waals surface area contributed by atoms with Gasteiger partial charge in [0.1, 0.15) is 0 Å². The first-order valence-corrected chi connectivity index (χ1v) is 13.9. The number of nitrogens with zero attached hydrogens (tertiary/aromatic N) is 5. The summed E-state index contributed by atoms with van der Waals surface area (Å²) in [5.74, 6) is -1.58. The van der Waals surface area contributed by atoms with Gasteiger partial charge in [0.2, 0.25) is 11.2 Å². The quantitative estimate of drug-likeness (QED) is 0.469. The maximum absolute atomic E-state index is 13.6. The van der Waals surface area contributed by atoms with Gasteiger partial charge in [-0.2, -0.15) is 13.5 Å². The summed E-state index contributed by atoms with van der Waals surface area (Å²) in [4.78, 5) is 31.2. The fourth-order valence-electron chi connectivity index (χ4n) is 5.15. The molecule has 9 nitrogen and oxygen atoms in total. The Morgan fingerprint density at radius 1 is 0.848 bits per heavy atom. The van der Waals surface area contributed by atoms with E-state index in [1.807, 2.05) is 24.3 Å². The SMILES string of the molecule is O=C1C(N=Nc2nc3ccccc3s2)C(=O)N(C2CCCCC2)S(=O)(=O)N1C1CCCCC1. The second-order valence-electron chi connectivity index (χ2n) is 8.94. The summed E-state index contributed by atoms with van der Waals surface area (Å²) in [7, 11) is -4.25. The van der Waals surface area contributed by atoms with Crippen LogP contribution in [0.1, 0.15) is 64.2 Å². The molecule has 2 amide bonds. The van der Waals surface area contributed by atoms with Gasteiger partial charge in [-0.15, -0.1) is 5.11 Å². The van der Waals surface area contributed by atoms with Crippen LogP contribution in [0.4, 0.5) is 5.13 Å². The van der Waals surface area contributed by atoms with Gasteiger partial charge in [0.25, 0.3) is 11.8 Å². The number of carbonyl (C=O) groups excluding carboxylic acids is 2. The van der Waals surface area contributed by atoms with Crippen molar-refractivity contribution in [3.05, 3.63) is 24.3 Å². The maximum Gasteiger partial charge on any atom is 0.331 e. The first kappa shape index (κ1) is 22.4. The van der Waals surface area contributed by atoms with Crippen LogP contribution in [0.25, 0.3) is 10.2 Å². The number of hydrogen-bond donors (Lipinski definition) is 0. The number of para-hydroxylation sites is 1. The minimum atomic E-state index is -4.25. The van der Waals surface area contributed by atoms with Crippen LogP contribution in [0.15, 0.2) is 34.5 Å². The van der Waals surface area contributed by atoms with Gasteiger partial charge < -0.3 is 0 Å². The Labute approximate surface area is 197 Å². The molecule has 0 unspecified atom stereocenters. The number of fused-ring (bicyclic) bond motifs is 1. The lowest BCUT2D eigenvalue weighted by atomic mass is 9.94. The average molecular weight is 490 g/mol. The summed E-state index contributed by atoms with van der Waals surface area (Å²) in [5.41, 5.74) is 0.757. The van der Waals surface area contributed by atoms with Crippen molar-refractivity contribution in [1.29, 1.82) is 0 Å². The van der Waals surface area contributed by atoms with E-state index >= 15 is 0 Å². The van der Waals surface area contributed by atoms with Crippen molar-refractivity contribution in [1.82, 2.24) is 13.6 Å². The predicted octanol–water partition coefficient (Wildman–Crippen LogP) is 4.33. The highest BCUT2D eigenvalue weighted by Crippen LogP contribution is 2.36. The molecule has 5 rings (SSSR count). The number of carbonyl (C=O) groups is 2. The van der Waals surface area contributed by atoms with E-state index in [0.29, 0.717) is 30.8 Å². The van der Waals surface area contributed by atoms with Crippen molar-refractivity contribution in [2.24, 2.45) is 10.2 Å². The summed E-state index contributed by atoms with van der Waals surface area (Å²) in [5, 5.41) is 8.54. The first-order chi connectivity index (χ1) is 16.0. The number of aromatic nitrogens is 1. The Bertz CT molecular complexity index is 1110. The van der Waals surface area contributed by atoms with Gasteiger partial charge >= 0.3 is 10.2 Å². The molecule has 0 spiro atoms. The van der Waals surface area contributed by atoms with E-state index in [4.69, 9.17) is 0 Å². The summed E-state index contributed by atoms with van der Waals surface area (Å²) < 4.78 is 30.0. The molecule has 3 fully saturated rings. The molecule has 1 aromatic heterocycles. The normalized spacial score (nSPS) is 23.8. The van der Waals surface area contributed by atoms with Gasteiger partial charge in [-0.25, -0.2) is 13.6 Å². The van der Waals surface area contributed by atoms with E-state index < -0.39 is 40.1 Å². The average Bonchev–Trinajstić information content (AvgIpc) is 3.23. The van der Waals surface area contributed by atoms with Crippen molar-refractivity contribution in [3.63, 3.8) is 0 Å². The van der Waals surface area contributed by atoms with E-state index in [1.54, 1.807) is 0 Å². The highest BCUT2D eigenvalue weighted by atomic mass is 32.2. The molecular formula is C22H27N5O4S2. The zero-order valence-electron chi connectivity index (χ0n) is 18.3. The van der Waals surface area contributed by atoms with Gasteiger partial charge in [0.15, 0.2) is 0 Å². The molecule has 2 aliphatic carbocycles. The number of azo groups is 1. The van der Waals surface area contributed by atoms with E-state index in [0.717, 1.165) is 57.4 Å². The van der Waals surface area contributed by atoms with Crippen LogP contribution in [-0.2, 0) is 19.8 Å². The van der Waals surface area contributed by atoms with Crippen LogP contribution < -0.4 is 0 Å². The van der Waals surface area contributed by atoms with Gasteiger partial charge in [-0.05, 0) is 37.8 Å². The first-order valence-electron chi connectivity index (χ1n) is 11.6. The lowest BCUT2D eigenvalue weighted by Crippen LogP contribution is -2.66. The highest BCUT2D eigenvalue weighted by molar-refractivity contribution is 7.88. The molecular weight excluding hydrogens is 462 g/mol. The van der Waals surface area contributed by atoms with Gasteiger partial charge in [0.05, 0.1) is 10.2 Å². The third kappa shape index (κ3) is 4.16. The van der Waals surface area contributed by atoms with Crippen LogP contribution >= 0.6 is 11.3 Å². The van der Waals surface area contributed by atoms with Crippen LogP contribution in [0.2, 0.25) is 0 Å². The predicted molar refractivity (Wildman–Crippen MR) is 124 cm³/mol. The molecule has 2 heterocycles. The molecule has 3 aliphatic rings. The van der Waals surface area contributed by atoms with Gasteiger partial charge in [0, 0.05) is 12.1 Å². The van der Waals surface area contributed by atoms with Gasteiger partial charge in [-0.1, -0.05) is 62.0 Å². The molecule has 0 radical (unpaired) electrons. The second kappa shape index (κ2) is 9.09. The van der Waals surface area contributed by atoms with Gasteiger partial charge in [-0.3, -0.25) is 9.59 Å². The lowest BCUT2D eigenvalue weighted by molar-refractivity contribution is -0.143. The van der Waals surface area contributed by atoms with Crippen molar-refractivity contribution in [2.45, 2.75) is 82.3 Å². The fraction of sp³-hybridized carbons (Fsp3) is 0.591. The Morgan fingerprint density at radius 3 is 1.94 bits per heavy atom. The maximum atomic E-state index is 13.6. The van der Waals surface area contributed by atoms with Crippen LogP contribution in [-0.4, -0.2) is 52.0 Å². The molecule has 0 atom stereocenters. The number of benzene rings is 1. The zero-order valence-corrected chi connectivity index (χ0v) is 19.9. The molecule has 1 aliphatic heterocycles. The fourth-order valence-corrected chi connectivity index (χ4v) is 7.96. The molecule has 0 bridgehead atoms. The van der Waals surface area contributed by atoms with E-state index in [-0.39, 0.29) is 0 Å². The molecule has 2 saturated carbocycles. The zero-order chi connectivity index (χ0) is 23.0. The van der Waals surface area contributed by atoms with Crippen molar-refractivity contribution in [3.8, 4) is 0 Å². The molecule has 1 aromatic carbocycles.